The number of nitrogens with one attached hydrogen (secondary N) is 1. The van der Waals surface area contributed by atoms with Crippen molar-refractivity contribution >= 4 is 27.3 Å². The molecular formula is C23H28N2O4S. The zero-order valence-corrected chi connectivity index (χ0v) is 18.1. The number of sulfonamides is 1. The van der Waals surface area contributed by atoms with Gasteiger partial charge in [-0.05, 0) is 67.6 Å². The molecule has 0 atom stereocenters. The number of rotatable bonds is 7. The molecule has 2 aliphatic rings. The fourth-order valence-corrected chi connectivity index (χ4v) is 5.26. The Bertz CT molecular complexity index is 1010. The summed E-state index contributed by atoms with van der Waals surface area (Å²) in [6.45, 7) is 3.28. The number of benzene rings is 2. The number of anilines is 2. The molecule has 1 aliphatic heterocycles. The van der Waals surface area contributed by atoms with Gasteiger partial charge < -0.3 is 9.64 Å². The average Bonchev–Trinajstić information content (AvgIpc) is 3.42. The Hall–Kier alpha value is -2.54. The Morgan fingerprint density at radius 3 is 2.57 bits per heavy atom. The topological polar surface area (TPSA) is 75.7 Å². The summed E-state index contributed by atoms with van der Waals surface area (Å²) >= 11 is 0. The van der Waals surface area contributed by atoms with Crippen molar-refractivity contribution in [3.63, 3.8) is 0 Å². The second kappa shape index (κ2) is 8.68. The van der Waals surface area contributed by atoms with Gasteiger partial charge in [0.15, 0.2) is 0 Å². The Kier molecular flexibility index (Phi) is 5.99. The second-order valence-corrected chi connectivity index (χ2v) is 9.67. The van der Waals surface area contributed by atoms with Gasteiger partial charge in [-0.15, -0.1) is 0 Å². The van der Waals surface area contributed by atoms with Crippen molar-refractivity contribution in [2.45, 2.75) is 50.3 Å². The molecule has 0 bridgehead atoms. The van der Waals surface area contributed by atoms with Gasteiger partial charge in [-0.2, -0.15) is 0 Å². The maximum atomic E-state index is 12.9. The second-order valence-electron chi connectivity index (χ2n) is 7.99. The summed E-state index contributed by atoms with van der Waals surface area (Å²) in [6.07, 6.45) is 5.82. The molecule has 2 aromatic carbocycles. The minimum atomic E-state index is -3.73. The number of nitrogens with zero attached hydrogens (tertiary/aromatic N) is 1. The molecule has 30 heavy (non-hydrogen) atoms. The maximum absolute atomic E-state index is 12.9. The molecule has 0 saturated heterocycles. The van der Waals surface area contributed by atoms with Gasteiger partial charge in [0.05, 0.1) is 17.2 Å². The Balaban J connectivity index is 1.51. The Morgan fingerprint density at radius 2 is 1.87 bits per heavy atom. The average molecular weight is 429 g/mol. The van der Waals surface area contributed by atoms with Crippen molar-refractivity contribution in [2.24, 2.45) is 5.92 Å². The molecule has 6 nitrogen and oxygen atoms in total. The van der Waals surface area contributed by atoms with Crippen LogP contribution in [0, 0.1) is 5.92 Å². The Labute approximate surface area is 178 Å². The monoisotopic (exact) mass is 428 g/mol. The lowest BCUT2D eigenvalue weighted by molar-refractivity contribution is -0.122. The number of carbonyl (C=O) groups is 1. The number of fused-ring (bicyclic) bond motifs is 1. The van der Waals surface area contributed by atoms with Crippen LogP contribution in [0.2, 0.25) is 0 Å². The predicted octanol–water partition coefficient (Wildman–Crippen LogP) is 4.36. The summed E-state index contributed by atoms with van der Waals surface area (Å²) in [7, 11) is -3.73. The highest BCUT2D eigenvalue weighted by Crippen LogP contribution is 2.35. The fraction of sp³-hybridized carbons (Fsp3) is 0.435. The first kappa shape index (κ1) is 20.7. The van der Waals surface area contributed by atoms with Gasteiger partial charge >= 0.3 is 0 Å². The predicted molar refractivity (Wildman–Crippen MR) is 117 cm³/mol. The van der Waals surface area contributed by atoms with E-state index in [4.69, 9.17) is 4.74 Å². The normalized spacial score (nSPS) is 16.5. The molecule has 1 aliphatic carbocycles. The quantitative estimate of drug-likeness (QED) is 0.711. The van der Waals surface area contributed by atoms with E-state index in [9.17, 15) is 13.2 Å². The van der Waals surface area contributed by atoms with Gasteiger partial charge in [-0.1, -0.05) is 25.8 Å². The molecule has 1 amide bonds. The van der Waals surface area contributed by atoms with Crippen molar-refractivity contribution in [2.75, 3.05) is 22.8 Å². The standard InChI is InChI=1S/C23H28N2O4S/c1-2-15-29-20-9-11-21(12-10-20)30(27,28)24-19-8-7-17-13-14-25(22(17)16-19)23(26)18-5-3-4-6-18/h7-12,16,18,24H,2-6,13-15H2,1H3. The highest BCUT2D eigenvalue weighted by Gasteiger charge is 2.32. The minimum absolute atomic E-state index is 0.102. The lowest BCUT2D eigenvalue weighted by atomic mass is 10.1. The van der Waals surface area contributed by atoms with E-state index in [1.54, 1.807) is 24.3 Å². The van der Waals surface area contributed by atoms with Crippen LogP contribution in [0.5, 0.6) is 5.75 Å². The van der Waals surface area contributed by atoms with Crippen LogP contribution in [-0.2, 0) is 21.2 Å². The molecule has 1 fully saturated rings. The zero-order valence-electron chi connectivity index (χ0n) is 17.3. The summed E-state index contributed by atoms with van der Waals surface area (Å²) in [5.74, 6) is 0.924. The molecule has 0 aromatic heterocycles. The molecule has 2 aromatic rings. The van der Waals surface area contributed by atoms with E-state index in [1.807, 2.05) is 17.9 Å². The highest BCUT2D eigenvalue weighted by molar-refractivity contribution is 7.92. The van der Waals surface area contributed by atoms with Crippen molar-refractivity contribution in [1.29, 1.82) is 0 Å². The third-order valence-electron chi connectivity index (χ3n) is 5.81. The lowest BCUT2D eigenvalue weighted by Gasteiger charge is -2.22. The molecule has 7 heteroatoms. The largest absolute Gasteiger partial charge is 0.494 e. The first-order valence-electron chi connectivity index (χ1n) is 10.7. The number of amides is 1. The van der Waals surface area contributed by atoms with E-state index in [0.717, 1.165) is 49.8 Å². The van der Waals surface area contributed by atoms with E-state index in [1.165, 1.54) is 12.1 Å². The Morgan fingerprint density at radius 1 is 1.13 bits per heavy atom. The molecule has 0 radical (unpaired) electrons. The van der Waals surface area contributed by atoms with Crippen molar-refractivity contribution < 1.29 is 17.9 Å². The third-order valence-corrected chi connectivity index (χ3v) is 7.21. The van der Waals surface area contributed by atoms with Gasteiger partial charge in [0.2, 0.25) is 5.91 Å². The van der Waals surface area contributed by atoms with Crippen LogP contribution in [0.4, 0.5) is 11.4 Å². The van der Waals surface area contributed by atoms with Gasteiger partial charge in [0.25, 0.3) is 10.0 Å². The molecule has 1 N–H and O–H groups in total. The van der Waals surface area contributed by atoms with Crippen LogP contribution in [0.3, 0.4) is 0 Å². The van der Waals surface area contributed by atoms with Gasteiger partial charge in [-0.25, -0.2) is 8.42 Å². The number of hydrogen-bond donors (Lipinski definition) is 1. The van der Waals surface area contributed by atoms with Gasteiger partial charge in [0, 0.05) is 18.2 Å². The van der Waals surface area contributed by atoms with Crippen LogP contribution in [0.15, 0.2) is 47.4 Å². The maximum Gasteiger partial charge on any atom is 0.261 e. The van der Waals surface area contributed by atoms with Crippen LogP contribution in [-0.4, -0.2) is 27.5 Å². The van der Waals surface area contributed by atoms with Gasteiger partial charge in [0.1, 0.15) is 5.75 Å². The van der Waals surface area contributed by atoms with E-state index in [0.29, 0.717) is 24.6 Å². The lowest BCUT2D eigenvalue weighted by Crippen LogP contribution is -2.33. The van der Waals surface area contributed by atoms with Crippen LogP contribution >= 0.6 is 0 Å². The number of carbonyl (C=O) groups excluding carboxylic acids is 1. The summed E-state index contributed by atoms with van der Waals surface area (Å²) in [5.41, 5.74) is 2.38. The van der Waals surface area contributed by atoms with Gasteiger partial charge in [-0.3, -0.25) is 9.52 Å². The molecule has 4 rings (SSSR count). The molecule has 0 unspecified atom stereocenters. The van der Waals surface area contributed by atoms with E-state index >= 15 is 0 Å². The zero-order chi connectivity index (χ0) is 21.1. The molecule has 1 heterocycles. The van der Waals surface area contributed by atoms with Crippen LogP contribution in [0.1, 0.15) is 44.6 Å². The van der Waals surface area contributed by atoms with E-state index in [-0.39, 0.29) is 16.7 Å². The van der Waals surface area contributed by atoms with Crippen molar-refractivity contribution in [3.05, 3.63) is 48.0 Å². The van der Waals surface area contributed by atoms with E-state index in [2.05, 4.69) is 4.72 Å². The first-order chi connectivity index (χ1) is 14.5. The highest BCUT2D eigenvalue weighted by atomic mass is 32.2. The summed E-state index contributed by atoms with van der Waals surface area (Å²) in [6, 6.07) is 11.9. The molecule has 1 saturated carbocycles. The summed E-state index contributed by atoms with van der Waals surface area (Å²) in [5, 5.41) is 0. The fourth-order valence-electron chi connectivity index (χ4n) is 4.21. The number of hydrogen-bond acceptors (Lipinski definition) is 4. The third kappa shape index (κ3) is 4.31. The van der Waals surface area contributed by atoms with Crippen molar-refractivity contribution in [1.82, 2.24) is 0 Å². The minimum Gasteiger partial charge on any atom is -0.494 e. The first-order valence-corrected chi connectivity index (χ1v) is 12.2. The smallest absolute Gasteiger partial charge is 0.261 e. The van der Waals surface area contributed by atoms with E-state index < -0.39 is 10.0 Å². The SMILES string of the molecule is CCCOc1ccc(S(=O)(=O)Nc2ccc3c(c2)N(C(=O)C2CCCC2)CC3)cc1. The molecule has 160 valence electrons. The summed E-state index contributed by atoms with van der Waals surface area (Å²) < 4.78 is 33.8. The molecular weight excluding hydrogens is 400 g/mol. The van der Waals surface area contributed by atoms with Crippen molar-refractivity contribution in [3.8, 4) is 5.75 Å². The molecule has 0 spiro atoms. The van der Waals surface area contributed by atoms with Crippen LogP contribution in [0.25, 0.3) is 0 Å². The summed E-state index contributed by atoms with van der Waals surface area (Å²) in [4.78, 5) is 14.9. The van der Waals surface area contributed by atoms with Crippen LogP contribution < -0.4 is 14.4 Å². The number of ether oxygens (including phenoxy) is 1.